The molecule has 0 radical (unpaired) electrons. The van der Waals surface area contributed by atoms with Crippen LogP contribution in [0.3, 0.4) is 0 Å². The fourth-order valence-electron chi connectivity index (χ4n) is 1.86. The van der Waals surface area contributed by atoms with E-state index in [1.54, 1.807) is 0 Å². The van der Waals surface area contributed by atoms with Crippen molar-refractivity contribution in [1.82, 2.24) is 0 Å². The average Bonchev–Trinajstić information content (AvgIpc) is 2.48. The molecule has 0 aliphatic heterocycles. The lowest BCUT2D eigenvalue weighted by Crippen LogP contribution is -2.06. The van der Waals surface area contributed by atoms with E-state index in [-0.39, 0.29) is 0 Å². The van der Waals surface area contributed by atoms with Crippen LogP contribution in [-0.4, -0.2) is 16.6 Å². The molecule has 2 aromatic carbocycles. The van der Waals surface area contributed by atoms with Crippen molar-refractivity contribution in [2.24, 2.45) is 0 Å². The number of ether oxygens (including phenoxy) is 1. The van der Waals surface area contributed by atoms with Gasteiger partial charge in [0.25, 0.3) is 0 Å². The third kappa shape index (κ3) is 5.72. The number of hydrogen-bond donors (Lipinski definition) is 0. The van der Waals surface area contributed by atoms with Crippen molar-refractivity contribution in [3.8, 4) is 5.75 Å². The molecular weight excluding hydrogens is 252 g/mol. The summed E-state index contributed by atoms with van der Waals surface area (Å²) in [4.78, 5) is 0. The molecule has 0 spiro atoms. The van der Waals surface area contributed by atoms with Crippen LogP contribution in [0.25, 0.3) is 0 Å². The predicted molar refractivity (Wildman–Crippen MR) is 81.1 cm³/mol. The van der Waals surface area contributed by atoms with Gasteiger partial charge in [0.2, 0.25) is 0 Å². The topological polar surface area (TPSA) is 18.5 Å². The van der Waals surface area contributed by atoms with E-state index >= 15 is 0 Å². The van der Waals surface area contributed by atoms with E-state index in [0.717, 1.165) is 12.2 Å². The average molecular weight is 272 g/mol. The summed E-state index contributed by atoms with van der Waals surface area (Å²) in [5, 5.41) is 0. The van der Waals surface area contributed by atoms with Crippen LogP contribution < -0.4 is 4.74 Å². The maximum atomic E-state index is 5.59. The van der Waals surface area contributed by atoms with Crippen LogP contribution in [0.4, 0.5) is 0 Å². The Morgan fingerprint density at radius 3 is 2.26 bits per heavy atom. The third-order valence-electron chi connectivity index (χ3n) is 2.90. The number of rotatable bonds is 8. The molecule has 2 aromatic rings. The minimum atomic E-state index is -0.445. The first-order chi connectivity index (χ1) is 9.45. The highest BCUT2D eigenvalue weighted by atomic mass is 28.2. The first-order valence-corrected chi connectivity index (χ1v) is 8.32. The second kappa shape index (κ2) is 8.51. The van der Waals surface area contributed by atoms with Gasteiger partial charge in [0, 0.05) is 0 Å². The minimum absolute atomic E-state index is 0.390. The van der Waals surface area contributed by atoms with Gasteiger partial charge in [-0.2, -0.15) is 0 Å². The van der Waals surface area contributed by atoms with Gasteiger partial charge < -0.3 is 9.16 Å². The van der Waals surface area contributed by atoms with Crippen molar-refractivity contribution in [3.63, 3.8) is 0 Å². The van der Waals surface area contributed by atoms with Crippen molar-refractivity contribution in [2.75, 3.05) is 6.79 Å². The summed E-state index contributed by atoms with van der Waals surface area (Å²) in [6.45, 7) is 0.390. The Balaban J connectivity index is 1.49. The minimum Gasteiger partial charge on any atom is -0.469 e. The largest absolute Gasteiger partial charge is 0.469 e. The molecule has 100 valence electrons. The molecule has 0 aromatic heterocycles. The molecule has 0 N–H and O–H groups in total. The van der Waals surface area contributed by atoms with Gasteiger partial charge in [0.05, 0.1) is 0 Å². The van der Waals surface area contributed by atoms with Crippen LogP contribution in [-0.2, 0) is 10.8 Å². The molecule has 0 atom stereocenters. The highest BCUT2D eigenvalue weighted by Gasteiger charge is 1.95. The SMILES string of the molecule is c1ccc(CCC[SiH2]OCOc2ccccc2)cc1. The van der Waals surface area contributed by atoms with Gasteiger partial charge in [-0.25, -0.2) is 0 Å². The van der Waals surface area contributed by atoms with Gasteiger partial charge >= 0.3 is 0 Å². The van der Waals surface area contributed by atoms with E-state index in [4.69, 9.17) is 9.16 Å². The maximum Gasteiger partial charge on any atom is 0.179 e. The van der Waals surface area contributed by atoms with Crippen molar-refractivity contribution < 1.29 is 9.16 Å². The monoisotopic (exact) mass is 272 g/mol. The normalized spacial score (nSPS) is 10.9. The van der Waals surface area contributed by atoms with Gasteiger partial charge in [0.1, 0.15) is 5.75 Å². The summed E-state index contributed by atoms with van der Waals surface area (Å²) in [5.74, 6) is 0.876. The summed E-state index contributed by atoms with van der Waals surface area (Å²) in [6, 6.07) is 21.6. The molecular formula is C16H20O2Si. The second-order valence-corrected chi connectivity index (χ2v) is 5.95. The first kappa shape index (κ1) is 13.8. The zero-order valence-corrected chi connectivity index (χ0v) is 12.5. The highest BCUT2D eigenvalue weighted by molar-refractivity contribution is 6.26. The number of aryl methyl sites for hydroxylation is 1. The van der Waals surface area contributed by atoms with Gasteiger partial charge in [-0.05, 0) is 30.2 Å². The lowest BCUT2D eigenvalue weighted by Gasteiger charge is -2.07. The van der Waals surface area contributed by atoms with E-state index < -0.39 is 9.76 Å². The van der Waals surface area contributed by atoms with Crippen LogP contribution in [0.15, 0.2) is 60.7 Å². The summed E-state index contributed by atoms with van der Waals surface area (Å²) in [7, 11) is -0.445. The molecule has 19 heavy (non-hydrogen) atoms. The second-order valence-electron chi connectivity index (χ2n) is 4.43. The van der Waals surface area contributed by atoms with Crippen molar-refractivity contribution in [1.29, 1.82) is 0 Å². The smallest absolute Gasteiger partial charge is 0.179 e. The van der Waals surface area contributed by atoms with Crippen LogP contribution >= 0.6 is 0 Å². The molecule has 2 rings (SSSR count). The standard InChI is InChI=1S/C16H20O2Si/c1-3-8-15(9-4-1)10-7-13-19-18-14-17-16-11-5-2-6-12-16/h1-6,8-9,11-12H,7,10,13-14,19H2. The summed E-state index contributed by atoms with van der Waals surface area (Å²) in [5.41, 5.74) is 1.41. The number of para-hydroxylation sites is 1. The van der Waals surface area contributed by atoms with Crippen molar-refractivity contribution >= 4 is 9.76 Å². The number of benzene rings is 2. The molecule has 0 saturated carbocycles. The molecule has 0 heterocycles. The Kier molecular flexibility index (Phi) is 6.20. The summed E-state index contributed by atoms with van der Waals surface area (Å²) >= 11 is 0. The van der Waals surface area contributed by atoms with Crippen LogP contribution in [0.2, 0.25) is 6.04 Å². The lowest BCUT2D eigenvalue weighted by molar-refractivity contribution is 0.124. The van der Waals surface area contributed by atoms with Gasteiger partial charge in [-0.1, -0.05) is 55.0 Å². The fourth-order valence-corrected chi connectivity index (χ4v) is 2.72. The molecule has 0 aliphatic rings. The zero-order chi connectivity index (χ0) is 13.2. The Hall–Kier alpha value is -1.58. The third-order valence-corrected chi connectivity index (χ3v) is 4.14. The molecule has 0 saturated heterocycles. The Bertz CT molecular complexity index is 401. The Morgan fingerprint density at radius 2 is 1.53 bits per heavy atom. The van der Waals surface area contributed by atoms with E-state index in [1.807, 2.05) is 30.3 Å². The van der Waals surface area contributed by atoms with E-state index in [2.05, 4.69) is 30.3 Å². The fraction of sp³-hybridized carbons (Fsp3) is 0.250. The molecule has 0 aliphatic carbocycles. The van der Waals surface area contributed by atoms with Crippen LogP contribution in [0, 0.1) is 0 Å². The predicted octanol–water partition coefficient (Wildman–Crippen LogP) is 3.17. The Morgan fingerprint density at radius 1 is 0.842 bits per heavy atom. The van der Waals surface area contributed by atoms with E-state index in [1.165, 1.54) is 18.0 Å². The maximum absolute atomic E-state index is 5.59. The van der Waals surface area contributed by atoms with Crippen molar-refractivity contribution in [2.45, 2.75) is 18.9 Å². The molecule has 2 nitrogen and oxygen atoms in total. The van der Waals surface area contributed by atoms with E-state index in [0.29, 0.717) is 6.79 Å². The summed E-state index contributed by atoms with van der Waals surface area (Å²) < 4.78 is 11.1. The van der Waals surface area contributed by atoms with E-state index in [9.17, 15) is 0 Å². The molecule has 0 amide bonds. The summed E-state index contributed by atoms with van der Waals surface area (Å²) in [6.07, 6.45) is 2.36. The van der Waals surface area contributed by atoms with Gasteiger partial charge in [-0.3, -0.25) is 0 Å². The zero-order valence-electron chi connectivity index (χ0n) is 11.1. The van der Waals surface area contributed by atoms with Crippen LogP contribution in [0.5, 0.6) is 5.75 Å². The quantitative estimate of drug-likeness (QED) is 0.417. The van der Waals surface area contributed by atoms with Crippen LogP contribution in [0.1, 0.15) is 12.0 Å². The first-order valence-electron chi connectivity index (χ1n) is 6.75. The molecule has 3 heteroatoms. The van der Waals surface area contributed by atoms with Crippen molar-refractivity contribution in [3.05, 3.63) is 66.2 Å². The molecule has 0 fully saturated rings. The Labute approximate surface area is 117 Å². The van der Waals surface area contributed by atoms with Gasteiger partial charge in [0.15, 0.2) is 16.6 Å². The van der Waals surface area contributed by atoms with Gasteiger partial charge in [-0.15, -0.1) is 0 Å². The molecule has 0 unspecified atom stereocenters. The number of hydrogen-bond acceptors (Lipinski definition) is 2. The molecule has 0 bridgehead atoms. The lowest BCUT2D eigenvalue weighted by atomic mass is 10.1. The highest BCUT2D eigenvalue weighted by Crippen LogP contribution is 2.08.